The van der Waals surface area contributed by atoms with Gasteiger partial charge in [-0.2, -0.15) is 13.2 Å². The zero-order valence-electron chi connectivity index (χ0n) is 15.7. The molecular weight excluding hydrogens is 426 g/mol. The molecule has 4 nitrogen and oxygen atoms in total. The summed E-state index contributed by atoms with van der Waals surface area (Å²) >= 11 is 0. The summed E-state index contributed by atoms with van der Waals surface area (Å²) in [6, 6.07) is 12.8. The van der Waals surface area contributed by atoms with Crippen molar-refractivity contribution >= 4 is 42.1 Å². The lowest BCUT2D eigenvalue weighted by atomic mass is 10.1. The second-order valence-electron chi connectivity index (χ2n) is 6.61. The molecule has 0 radical (unpaired) electrons. The number of nitrogen functional groups attached to an aromatic ring is 1. The van der Waals surface area contributed by atoms with Crippen molar-refractivity contribution in [1.82, 2.24) is 4.90 Å². The van der Waals surface area contributed by atoms with E-state index in [1.807, 2.05) is 29.2 Å². The quantitative estimate of drug-likeness (QED) is 0.703. The molecule has 0 unspecified atom stereocenters. The van der Waals surface area contributed by atoms with Crippen LogP contribution in [0.15, 0.2) is 48.5 Å². The van der Waals surface area contributed by atoms with Crippen molar-refractivity contribution in [2.24, 2.45) is 0 Å². The standard InChI is InChI=1S/C20H22F3N3O.2ClH/c21-20(22,23)16-5-3-6-17(14-16)25-10-12-26(13-11-25)19(27)9-8-15-4-1-2-7-18(15)24;;/h1-7,14H,8-13,24H2;2*1H. The number of carbonyl (C=O) groups excluding carboxylic acids is 1. The van der Waals surface area contributed by atoms with E-state index in [4.69, 9.17) is 5.73 Å². The van der Waals surface area contributed by atoms with Gasteiger partial charge in [0.25, 0.3) is 0 Å². The molecule has 2 aromatic carbocycles. The maximum Gasteiger partial charge on any atom is 0.416 e. The SMILES string of the molecule is Cl.Cl.Nc1ccccc1CCC(=O)N1CCN(c2cccc(C(F)(F)F)c2)CC1. The maximum atomic E-state index is 12.9. The summed E-state index contributed by atoms with van der Waals surface area (Å²) in [5, 5.41) is 0. The molecule has 0 aromatic heterocycles. The molecule has 3 rings (SSSR count). The number of anilines is 2. The van der Waals surface area contributed by atoms with E-state index < -0.39 is 11.7 Å². The van der Waals surface area contributed by atoms with Crippen LogP contribution >= 0.6 is 24.8 Å². The van der Waals surface area contributed by atoms with Crippen LogP contribution in [-0.2, 0) is 17.4 Å². The number of hydrogen-bond donors (Lipinski definition) is 1. The number of benzene rings is 2. The van der Waals surface area contributed by atoms with Crippen molar-refractivity contribution < 1.29 is 18.0 Å². The summed E-state index contributed by atoms with van der Waals surface area (Å²) in [4.78, 5) is 16.1. The summed E-state index contributed by atoms with van der Waals surface area (Å²) in [5.41, 5.74) is 7.41. The Balaban J connectivity index is 0.00000210. The Labute approximate surface area is 180 Å². The van der Waals surface area contributed by atoms with Gasteiger partial charge in [-0.1, -0.05) is 24.3 Å². The minimum Gasteiger partial charge on any atom is -0.399 e. The number of alkyl halides is 3. The summed E-state index contributed by atoms with van der Waals surface area (Å²) < 4.78 is 38.6. The number of piperazine rings is 1. The van der Waals surface area contributed by atoms with Gasteiger partial charge < -0.3 is 15.5 Å². The number of rotatable bonds is 4. The van der Waals surface area contributed by atoms with Crippen LogP contribution in [-0.4, -0.2) is 37.0 Å². The van der Waals surface area contributed by atoms with Gasteiger partial charge >= 0.3 is 6.18 Å². The zero-order chi connectivity index (χ0) is 19.4. The van der Waals surface area contributed by atoms with Crippen LogP contribution in [0.25, 0.3) is 0 Å². The molecule has 160 valence electrons. The average molecular weight is 450 g/mol. The summed E-state index contributed by atoms with van der Waals surface area (Å²) in [7, 11) is 0. The normalized spacial score (nSPS) is 14.0. The van der Waals surface area contributed by atoms with Gasteiger partial charge in [0.05, 0.1) is 5.56 Å². The molecule has 1 saturated heterocycles. The minimum atomic E-state index is -4.35. The first-order chi connectivity index (χ1) is 12.8. The number of carbonyl (C=O) groups is 1. The number of nitrogens with zero attached hydrogens (tertiary/aromatic N) is 2. The van der Waals surface area contributed by atoms with Crippen molar-refractivity contribution in [3.05, 3.63) is 59.7 Å². The molecule has 0 saturated carbocycles. The zero-order valence-corrected chi connectivity index (χ0v) is 17.3. The second-order valence-corrected chi connectivity index (χ2v) is 6.61. The average Bonchev–Trinajstić information content (AvgIpc) is 2.67. The molecule has 9 heteroatoms. The van der Waals surface area contributed by atoms with Crippen LogP contribution in [0.4, 0.5) is 24.5 Å². The lowest BCUT2D eigenvalue weighted by Gasteiger charge is -2.36. The van der Waals surface area contributed by atoms with Crippen LogP contribution in [0.3, 0.4) is 0 Å². The van der Waals surface area contributed by atoms with Crippen LogP contribution in [0, 0.1) is 0 Å². The molecule has 2 aromatic rings. The van der Waals surface area contributed by atoms with Crippen LogP contribution < -0.4 is 10.6 Å². The fourth-order valence-electron chi connectivity index (χ4n) is 3.25. The van der Waals surface area contributed by atoms with E-state index in [0.29, 0.717) is 50.4 Å². The predicted molar refractivity (Wildman–Crippen MR) is 114 cm³/mol. The highest BCUT2D eigenvalue weighted by atomic mass is 35.5. The van der Waals surface area contributed by atoms with E-state index in [9.17, 15) is 18.0 Å². The molecule has 29 heavy (non-hydrogen) atoms. The molecule has 1 fully saturated rings. The molecule has 0 aliphatic carbocycles. The number of para-hydroxylation sites is 1. The highest BCUT2D eigenvalue weighted by molar-refractivity contribution is 5.85. The summed E-state index contributed by atoms with van der Waals surface area (Å²) in [6.45, 7) is 2.03. The molecule has 0 atom stereocenters. The van der Waals surface area contributed by atoms with Crippen molar-refractivity contribution in [3.63, 3.8) is 0 Å². The third kappa shape index (κ3) is 6.44. The number of aryl methyl sites for hydroxylation is 1. The minimum absolute atomic E-state index is 0. The summed E-state index contributed by atoms with van der Waals surface area (Å²) in [6.07, 6.45) is -3.40. The number of amides is 1. The fraction of sp³-hybridized carbons (Fsp3) is 0.350. The Kier molecular flexibility index (Phi) is 9.11. The van der Waals surface area contributed by atoms with E-state index in [-0.39, 0.29) is 30.7 Å². The molecule has 1 aliphatic rings. The van der Waals surface area contributed by atoms with Crippen molar-refractivity contribution in [2.45, 2.75) is 19.0 Å². The third-order valence-corrected chi connectivity index (χ3v) is 4.83. The van der Waals surface area contributed by atoms with Gasteiger partial charge in [0, 0.05) is 44.0 Å². The number of nitrogens with two attached hydrogens (primary N) is 1. The topological polar surface area (TPSA) is 49.6 Å². The van der Waals surface area contributed by atoms with Gasteiger partial charge in [-0.25, -0.2) is 0 Å². The monoisotopic (exact) mass is 449 g/mol. The van der Waals surface area contributed by atoms with Crippen LogP contribution in [0.1, 0.15) is 17.5 Å². The lowest BCUT2D eigenvalue weighted by Crippen LogP contribution is -2.48. The van der Waals surface area contributed by atoms with Crippen LogP contribution in [0.5, 0.6) is 0 Å². The van der Waals surface area contributed by atoms with E-state index >= 15 is 0 Å². The molecule has 1 heterocycles. The van der Waals surface area contributed by atoms with Crippen molar-refractivity contribution in [3.8, 4) is 0 Å². The van der Waals surface area contributed by atoms with Crippen LogP contribution in [0.2, 0.25) is 0 Å². The third-order valence-electron chi connectivity index (χ3n) is 4.83. The van der Waals surface area contributed by atoms with Gasteiger partial charge in [0.2, 0.25) is 5.91 Å². The lowest BCUT2D eigenvalue weighted by molar-refractivity contribution is -0.137. The first-order valence-corrected chi connectivity index (χ1v) is 8.88. The highest BCUT2D eigenvalue weighted by Crippen LogP contribution is 2.31. The van der Waals surface area contributed by atoms with Gasteiger partial charge in [0.1, 0.15) is 0 Å². The molecule has 1 aliphatic heterocycles. The van der Waals surface area contributed by atoms with Gasteiger partial charge in [-0.15, -0.1) is 24.8 Å². The van der Waals surface area contributed by atoms with E-state index in [0.717, 1.165) is 17.7 Å². The summed E-state index contributed by atoms with van der Waals surface area (Å²) in [5.74, 6) is 0.0435. The van der Waals surface area contributed by atoms with Crippen molar-refractivity contribution in [1.29, 1.82) is 0 Å². The molecule has 2 N–H and O–H groups in total. The predicted octanol–water partition coefficient (Wildman–Crippen LogP) is 4.41. The van der Waals surface area contributed by atoms with Gasteiger partial charge in [0.15, 0.2) is 0 Å². The van der Waals surface area contributed by atoms with E-state index in [1.165, 1.54) is 6.07 Å². The molecule has 0 spiro atoms. The molecule has 0 bridgehead atoms. The fourth-order valence-corrected chi connectivity index (χ4v) is 3.25. The molecular formula is C20H24Cl2F3N3O. The largest absolute Gasteiger partial charge is 0.416 e. The molecule has 1 amide bonds. The highest BCUT2D eigenvalue weighted by Gasteiger charge is 2.31. The Morgan fingerprint density at radius 1 is 0.966 bits per heavy atom. The second kappa shape index (κ2) is 10.6. The number of halogens is 5. The first-order valence-electron chi connectivity index (χ1n) is 8.88. The van der Waals surface area contributed by atoms with E-state index in [2.05, 4.69) is 0 Å². The Hall–Kier alpha value is -2.12. The van der Waals surface area contributed by atoms with Gasteiger partial charge in [-0.05, 0) is 36.2 Å². The maximum absolute atomic E-state index is 12.9. The smallest absolute Gasteiger partial charge is 0.399 e. The van der Waals surface area contributed by atoms with Gasteiger partial charge in [-0.3, -0.25) is 4.79 Å². The Morgan fingerprint density at radius 2 is 1.62 bits per heavy atom. The van der Waals surface area contributed by atoms with E-state index in [1.54, 1.807) is 11.0 Å². The number of hydrogen-bond acceptors (Lipinski definition) is 3. The Morgan fingerprint density at radius 3 is 2.24 bits per heavy atom. The van der Waals surface area contributed by atoms with Crippen molar-refractivity contribution in [2.75, 3.05) is 36.8 Å². The first kappa shape index (κ1) is 24.9. The Bertz CT molecular complexity index is 810.